The van der Waals surface area contributed by atoms with Gasteiger partial charge >= 0.3 is 0 Å². The van der Waals surface area contributed by atoms with Gasteiger partial charge in [-0.3, -0.25) is 0 Å². The van der Waals surface area contributed by atoms with Crippen LogP contribution in [0.25, 0.3) is 0 Å². The highest BCUT2D eigenvalue weighted by atomic mass is 35.5. The third kappa shape index (κ3) is 3.22. The number of rotatable bonds is 4. The first kappa shape index (κ1) is 10.9. The van der Waals surface area contributed by atoms with Gasteiger partial charge in [0.2, 0.25) is 0 Å². The highest BCUT2D eigenvalue weighted by Gasteiger charge is 2.07. The summed E-state index contributed by atoms with van der Waals surface area (Å²) in [5.74, 6) is 1.52. The van der Waals surface area contributed by atoms with Crippen molar-refractivity contribution in [2.45, 2.75) is 5.92 Å². The van der Waals surface area contributed by atoms with Gasteiger partial charge in [-0.25, -0.2) is 0 Å². The summed E-state index contributed by atoms with van der Waals surface area (Å²) in [5.41, 5.74) is 6.96. The van der Waals surface area contributed by atoms with Crippen LogP contribution in [0.1, 0.15) is 11.5 Å². The van der Waals surface area contributed by atoms with Crippen LogP contribution < -0.4 is 5.73 Å². The fourth-order valence-electron chi connectivity index (χ4n) is 1.24. The monoisotopic (exact) mass is 215 g/mol. The van der Waals surface area contributed by atoms with E-state index in [1.807, 2.05) is 23.9 Å². The van der Waals surface area contributed by atoms with Gasteiger partial charge in [0.05, 0.1) is 0 Å². The molecule has 0 aromatic heterocycles. The molecule has 0 radical (unpaired) electrons. The number of hydrogen-bond donors (Lipinski definition) is 1. The summed E-state index contributed by atoms with van der Waals surface area (Å²) in [5, 5.41) is 0.781. The molecule has 1 rings (SSSR count). The predicted octanol–water partition coefficient (Wildman–Crippen LogP) is 2.75. The van der Waals surface area contributed by atoms with Gasteiger partial charge in [0.1, 0.15) is 0 Å². The SMILES string of the molecule is CSCC(CN)c1ccc(Cl)cc1. The number of thioether (sulfide) groups is 1. The maximum Gasteiger partial charge on any atom is 0.0406 e. The van der Waals surface area contributed by atoms with E-state index in [0.717, 1.165) is 10.8 Å². The van der Waals surface area contributed by atoms with Crippen molar-refractivity contribution in [3.63, 3.8) is 0 Å². The van der Waals surface area contributed by atoms with E-state index >= 15 is 0 Å². The molecule has 1 aromatic carbocycles. The van der Waals surface area contributed by atoms with Crippen molar-refractivity contribution in [2.75, 3.05) is 18.6 Å². The third-order valence-electron chi connectivity index (χ3n) is 1.99. The molecule has 0 heterocycles. The Morgan fingerprint density at radius 3 is 2.46 bits per heavy atom. The van der Waals surface area contributed by atoms with Gasteiger partial charge in [0, 0.05) is 16.7 Å². The highest BCUT2D eigenvalue weighted by Crippen LogP contribution is 2.20. The van der Waals surface area contributed by atoms with Crippen LogP contribution in [0.2, 0.25) is 5.02 Å². The van der Waals surface area contributed by atoms with Crippen LogP contribution in [0.4, 0.5) is 0 Å². The smallest absolute Gasteiger partial charge is 0.0406 e. The van der Waals surface area contributed by atoms with Gasteiger partial charge in [0.15, 0.2) is 0 Å². The summed E-state index contributed by atoms with van der Waals surface area (Å²) in [6, 6.07) is 7.94. The van der Waals surface area contributed by atoms with E-state index < -0.39 is 0 Å². The summed E-state index contributed by atoms with van der Waals surface area (Å²) < 4.78 is 0. The van der Waals surface area contributed by atoms with Crippen LogP contribution in [-0.4, -0.2) is 18.6 Å². The number of hydrogen-bond acceptors (Lipinski definition) is 2. The van der Waals surface area contributed by atoms with Crippen LogP contribution >= 0.6 is 23.4 Å². The first-order valence-electron chi connectivity index (χ1n) is 4.22. The fraction of sp³-hybridized carbons (Fsp3) is 0.400. The van der Waals surface area contributed by atoms with E-state index in [4.69, 9.17) is 17.3 Å². The van der Waals surface area contributed by atoms with Gasteiger partial charge < -0.3 is 5.73 Å². The molecule has 2 N–H and O–H groups in total. The van der Waals surface area contributed by atoms with Crippen molar-refractivity contribution in [3.05, 3.63) is 34.9 Å². The molecule has 0 saturated heterocycles. The van der Waals surface area contributed by atoms with Gasteiger partial charge in [-0.15, -0.1) is 0 Å². The van der Waals surface area contributed by atoms with Crippen molar-refractivity contribution in [1.29, 1.82) is 0 Å². The Balaban J connectivity index is 2.73. The Morgan fingerprint density at radius 2 is 2.00 bits per heavy atom. The molecule has 1 aromatic rings. The topological polar surface area (TPSA) is 26.0 Å². The average Bonchev–Trinajstić information content (AvgIpc) is 2.16. The van der Waals surface area contributed by atoms with E-state index in [2.05, 4.69) is 18.4 Å². The molecule has 1 unspecified atom stereocenters. The van der Waals surface area contributed by atoms with Crippen LogP contribution in [-0.2, 0) is 0 Å². The first-order valence-corrected chi connectivity index (χ1v) is 5.99. The minimum absolute atomic E-state index is 0.451. The Bertz CT molecular complexity index is 248. The van der Waals surface area contributed by atoms with Gasteiger partial charge in [0.25, 0.3) is 0 Å². The normalized spacial score (nSPS) is 12.8. The lowest BCUT2D eigenvalue weighted by Crippen LogP contribution is -2.14. The van der Waals surface area contributed by atoms with Crippen LogP contribution in [0, 0.1) is 0 Å². The van der Waals surface area contributed by atoms with Crippen LogP contribution in [0.15, 0.2) is 24.3 Å². The first-order chi connectivity index (χ1) is 6.27. The molecular formula is C10H14ClNS. The largest absolute Gasteiger partial charge is 0.330 e. The van der Waals surface area contributed by atoms with Gasteiger partial charge in [-0.05, 0) is 30.5 Å². The Hall–Kier alpha value is -0.180. The third-order valence-corrected chi connectivity index (χ3v) is 2.98. The maximum absolute atomic E-state index is 5.80. The summed E-state index contributed by atoms with van der Waals surface area (Å²) in [4.78, 5) is 0. The van der Waals surface area contributed by atoms with Crippen molar-refractivity contribution in [3.8, 4) is 0 Å². The number of nitrogens with two attached hydrogens (primary N) is 1. The summed E-state index contributed by atoms with van der Waals surface area (Å²) >= 11 is 7.62. The van der Waals surface area contributed by atoms with Crippen LogP contribution in [0.5, 0.6) is 0 Å². The lowest BCUT2D eigenvalue weighted by molar-refractivity contribution is 0.786. The molecule has 13 heavy (non-hydrogen) atoms. The standard InChI is InChI=1S/C10H14ClNS/c1-13-7-9(6-12)8-2-4-10(11)5-3-8/h2-5,9H,6-7,12H2,1H3. The number of halogens is 1. The van der Waals surface area contributed by atoms with E-state index in [1.54, 1.807) is 0 Å². The Labute approximate surface area is 88.7 Å². The molecule has 0 aliphatic carbocycles. The summed E-state index contributed by atoms with van der Waals surface area (Å²) in [6.07, 6.45) is 2.10. The van der Waals surface area contributed by atoms with Gasteiger partial charge in [-0.2, -0.15) is 11.8 Å². The molecule has 1 atom stereocenters. The molecular weight excluding hydrogens is 202 g/mol. The van der Waals surface area contributed by atoms with Crippen molar-refractivity contribution < 1.29 is 0 Å². The molecule has 3 heteroatoms. The summed E-state index contributed by atoms with van der Waals surface area (Å²) in [6.45, 7) is 0.697. The molecule has 0 aliphatic heterocycles. The zero-order chi connectivity index (χ0) is 9.68. The molecule has 0 spiro atoms. The average molecular weight is 216 g/mol. The Morgan fingerprint density at radius 1 is 1.38 bits per heavy atom. The maximum atomic E-state index is 5.80. The zero-order valence-electron chi connectivity index (χ0n) is 7.66. The van der Waals surface area contributed by atoms with E-state index in [1.165, 1.54) is 5.56 Å². The van der Waals surface area contributed by atoms with E-state index in [-0.39, 0.29) is 0 Å². The Kier molecular flexibility index (Phi) is 4.64. The predicted molar refractivity (Wildman–Crippen MR) is 61.6 cm³/mol. The second-order valence-corrected chi connectivity index (χ2v) is 4.29. The molecule has 0 bridgehead atoms. The second-order valence-electron chi connectivity index (χ2n) is 2.94. The minimum atomic E-state index is 0.451. The van der Waals surface area contributed by atoms with Crippen molar-refractivity contribution in [1.82, 2.24) is 0 Å². The quantitative estimate of drug-likeness (QED) is 0.836. The van der Waals surface area contributed by atoms with E-state index in [0.29, 0.717) is 12.5 Å². The van der Waals surface area contributed by atoms with E-state index in [9.17, 15) is 0 Å². The van der Waals surface area contributed by atoms with Crippen molar-refractivity contribution in [2.24, 2.45) is 5.73 Å². The molecule has 0 amide bonds. The van der Waals surface area contributed by atoms with Crippen molar-refractivity contribution >= 4 is 23.4 Å². The highest BCUT2D eigenvalue weighted by molar-refractivity contribution is 7.98. The molecule has 1 nitrogen and oxygen atoms in total. The lowest BCUT2D eigenvalue weighted by Gasteiger charge is -2.13. The zero-order valence-corrected chi connectivity index (χ0v) is 9.24. The fourth-order valence-corrected chi connectivity index (χ4v) is 2.09. The molecule has 0 saturated carbocycles. The van der Waals surface area contributed by atoms with Gasteiger partial charge in [-0.1, -0.05) is 23.7 Å². The second kappa shape index (κ2) is 5.53. The van der Waals surface area contributed by atoms with Crippen LogP contribution in [0.3, 0.4) is 0 Å². The minimum Gasteiger partial charge on any atom is -0.330 e. The molecule has 0 fully saturated rings. The summed E-state index contributed by atoms with van der Waals surface area (Å²) in [7, 11) is 0. The molecule has 0 aliphatic rings. The number of benzene rings is 1. The molecule has 72 valence electrons. The lowest BCUT2D eigenvalue weighted by atomic mass is 10.0.